The Kier molecular flexibility index (Phi) is 5.76. The van der Waals surface area contributed by atoms with E-state index in [0.717, 1.165) is 29.4 Å². The van der Waals surface area contributed by atoms with Gasteiger partial charge in [0, 0.05) is 36.8 Å². The quantitative estimate of drug-likeness (QED) is 0.688. The number of ether oxygens (including phenoxy) is 2. The number of amides is 1. The van der Waals surface area contributed by atoms with Crippen LogP contribution in [0.5, 0.6) is 5.75 Å². The molecule has 0 aliphatic carbocycles. The number of pyridine rings is 1. The van der Waals surface area contributed by atoms with Gasteiger partial charge in [-0.25, -0.2) is 0 Å². The molecule has 1 amide bonds. The van der Waals surface area contributed by atoms with Gasteiger partial charge in [0.2, 0.25) is 0 Å². The number of hydrogen-bond donors (Lipinski definition) is 1. The lowest BCUT2D eigenvalue weighted by molar-refractivity contribution is 0.0486. The number of nitrogens with one attached hydrogen (secondary N) is 1. The van der Waals surface area contributed by atoms with Crippen LogP contribution in [-0.4, -0.2) is 37.3 Å². The molecule has 3 aromatic rings. The Morgan fingerprint density at radius 1 is 1.10 bits per heavy atom. The van der Waals surface area contributed by atoms with Gasteiger partial charge >= 0.3 is 0 Å². The molecule has 2 heterocycles. The van der Waals surface area contributed by atoms with Gasteiger partial charge in [-0.2, -0.15) is 0 Å². The lowest BCUT2D eigenvalue weighted by Gasteiger charge is -2.38. The Balaban J connectivity index is 1.56. The number of benzene rings is 2. The van der Waals surface area contributed by atoms with Crippen molar-refractivity contribution in [1.82, 2.24) is 10.3 Å². The highest BCUT2D eigenvalue weighted by Gasteiger charge is 2.35. The molecule has 0 unspecified atom stereocenters. The summed E-state index contributed by atoms with van der Waals surface area (Å²) in [5.74, 6) is 0.723. The summed E-state index contributed by atoms with van der Waals surface area (Å²) in [4.78, 5) is 17.3. The molecule has 0 saturated carbocycles. The number of rotatable bonds is 6. The summed E-state index contributed by atoms with van der Waals surface area (Å²) in [6.45, 7) is 4.55. The maximum atomic E-state index is 13.0. The molecule has 1 aliphatic heterocycles. The van der Waals surface area contributed by atoms with Crippen LogP contribution in [0.2, 0.25) is 0 Å². The SMILES string of the molecule is CCOc1ccc(C2(CNC(=O)c3nccc4ccccc34)CCOCC2)cc1. The van der Waals surface area contributed by atoms with Gasteiger partial charge in [0.15, 0.2) is 0 Å². The van der Waals surface area contributed by atoms with E-state index < -0.39 is 0 Å². The van der Waals surface area contributed by atoms with E-state index in [0.29, 0.717) is 32.1 Å². The zero-order valence-corrected chi connectivity index (χ0v) is 16.7. The average Bonchev–Trinajstić information content (AvgIpc) is 2.78. The molecule has 1 aliphatic rings. The third-order valence-corrected chi connectivity index (χ3v) is 5.70. The van der Waals surface area contributed by atoms with Crippen LogP contribution >= 0.6 is 0 Å². The van der Waals surface area contributed by atoms with Crippen LogP contribution in [0.15, 0.2) is 60.8 Å². The van der Waals surface area contributed by atoms with Gasteiger partial charge in [-0.05, 0) is 48.9 Å². The molecular formula is C24H26N2O3. The van der Waals surface area contributed by atoms with Gasteiger partial charge in [-0.3, -0.25) is 9.78 Å². The topological polar surface area (TPSA) is 60.5 Å². The first-order valence-electron chi connectivity index (χ1n) is 10.1. The van der Waals surface area contributed by atoms with Gasteiger partial charge in [0.1, 0.15) is 11.4 Å². The summed E-state index contributed by atoms with van der Waals surface area (Å²) in [6.07, 6.45) is 3.42. The second kappa shape index (κ2) is 8.62. The molecule has 4 rings (SSSR count). The van der Waals surface area contributed by atoms with Crippen molar-refractivity contribution in [1.29, 1.82) is 0 Å². The lowest BCUT2D eigenvalue weighted by atomic mass is 9.74. The Morgan fingerprint density at radius 3 is 2.62 bits per heavy atom. The first-order chi connectivity index (χ1) is 14.2. The van der Waals surface area contributed by atoms with Crippen molar-refractivity contribution in [3.8, 4) is 5.75 Å². The molecule has 5 nitrogen and oxygen atoms in total. The van der Waals surface area contributed by atoms with E-state index in [1.54, 1.807) is 6.20 Å². The van der Waals surface area contributed by atoms with Crippen LogP contribution in [0.3, 0.4) is 0 Å². The summed E-state index contributed by atoms with van der Waals surface area (Å²) < 4.78 is 11.2. The minimum atomic E-state index is -0.150. The van der Waals surface area contributed by atoms with Gasteiger partial charge in [-0.15, -0.1) is 0 Å². The molecule has 0 atom stereocenters. The smallest absolute Gasteiger partial charge is 0.270 e. The van der Waals surface area contributed by atoms with Gasteiger partial charge in [0.25, 0.3) is 5.91 Å². The zero-order chi connectivity index (χ0) is 20.1. The van der Waals surface area contributed by atoms with Crippen molar-refractivity contribution in [3.05, 3.63) is 72.1 Å². The Labute approximate surface area is 171 Å². The van der Waals surface area contributed by atoms with Gasteiger partial charge < -0.3 is 14.8 Å². The molecule has 1 aromatic heterocycles. The average molecular weight is 390 g/mol. The van der Waals surface area contributed by atoms with Crippen molar-refractivity contribution in [2.45, 2.75) is 25.2 Å². The Morgan fingerprint density at radius 2 is 1.86 bits per heavy atom. The van der Waals surface area contributed by atoms with Crippen molar-refractivity contribution in [2.24, 2.45) is 0 Å². The Hall–Kier alpha value is -2.92. The summed E-state index contributed by atoms with van der Waals surface area (Å²) in [7, 11) is 0. The third kappa shape index (κ3) is 4.10. The molecule has 0 bridgehead atoms. The molecule has 0 radical (unpaired) electrons. The molecular weight excluding hydrogens is 364 g/mol. The molecule has 1 fully saturated rings. The van der Waals surface area contributed by atoms with Gasteiger partial charge in [-0.1, -0.05) is 36.4 Å². The predicted molar refractivity (Wildman–Crippen MR) is 113 cm³/mol. The van der Waals surface area contributed by atoms with E-state index in [4.69, 9.17) is 9.47 Å². The largest absolute Gasteiger partial charge is 0.494 e. The highest BCUT2D eigenvalue weighted by molar-refractivity contribution is 6.05. The van der Waals surface area contributed by atoms with Crippen molar-refractivity contribution < 1.29 is 14.3 Å². The number of fused-ring (bicyclic) bond motifs is 1. The third-order valence-electron chi connectivity index (χ3n) is 5.70. The number of nitrogens with zero attached hydrogens (tertiary/aromatic N) is 1. The van der Waals surface area contributed by atoms with E-state index in [1.165, 1.54) is 5.56 Å². The van der Waals surface area contributed by atoms with Crippen LogP contribution in [0.1, 0.15) is 35.8 Å². The van der Waals surface area contributed by atoms with Crippen LogP contribution in [0.4, 0.5) is 0 Å². The minimum absolute atomic E-state index is 0.140. The first kappa shape index (κ1) is 19.4. The van der Waals surface area contributed by atoms with Crippen molar-refractivity contribution in [2.75, 3.05) is 26.4 Å². The highest BCUT2D eigenvalue weighted by Crippen LogP contribution is 2.35. The molecule has 5 heteroatoms. The minimum Gasteiger partial charge on any atom is -0.494 e. The van der Waals surface area contributed by atoms with Crippen molar-refractivity contribution >= 4 is 16.7 Å². The van der Waals surface area contributed by atoms with Crippen molar-refractivity contribution in [3.63, 3.8) is 0 Å². The van der Waals surface area contributed by atoms with Crippen LogP contribution in [-0.2, 0) is 10.2 Å². The summed E-state index contributed by atoms with van der Waals surface area (Å²) >= 11 is 0. The van der Waals surface area contributed by atoms with Gasteiger partial charge in [0.05, 0.1) is 6.61 Å². The normalized spacial score (nSPS) is 15.8. The fourth-order valence-electron chi connectivity index (χ4n) is 4.03. The number of carbonyl (C=O) groups is 1. The fourth-order valence-corrected chi connectivity index (χ4v) is 4.03. The molecule has 0 spiro atoms. The van der Waals surface area contributed by atoms with E-state index in [2.05, 4.69) is 22.4 Å². The molecule has 1 saturated heterocycles. The second-order valence-corrected chi connectivity index (χ2v) is 7.41. The first-order valence-corrected chi connectivity index (χ1v) is 10.1. The number of hydrogen-bond acceptors (Lipinski definition) is 4. The fraction of sp³-hybridized carbons (Fsp3) is 0.333. The van der Waals surface area contributed by atoms with Crippen LogP contribution < -0.4 is 10.1 Å². The van der Waals surface area contributed by atoms with Crippen LogP contribution in [0, 0.1) is 0 Å². The zero-order valence-electron chi connectivity index (χ0n) is 16.7. The summed E-state index contributed by atoms with van der Waals surface area (Å²) in [5.41, 5.74) is 1.52. The molecule has 150 valence electrons. The summed E-state index contributed by atoms with van der Waals surface area (Å²) in [5, 5.41) is 5.04. The van der Waals surface area contributed by atoms with E-state index in [-0.39, 0.29) is 11.3 Å². The Bertz CT molecular complexity index is 974. The van der Waals surface area contributed by atoms with E-state index in [1.807, 2.05) is 49.4 Å². The molecule has 1 N–H and O–H groups in total. The molecule has 2 aromatic carbocycles. The molecule has 29 heavy (non-hydrogen) atoms. The monoisotopic (exact) mass is 390 g/mol. The van der Waals surface area contributed by atoms with Crippen LogP contribution in [0.25, 0.3) is 10.8 Å². The highest BCUT2D eigenvalue weighted by atomic mass is 16.5. The number of aromatic nitrogens is 1. The second-order valence-electron chi connectivity index (χ2n) is 7.41. The lowest BCUT2D eigenvalue weighted by Crippen LogP contribution is -2.44. The summed E-state index contributed by atoms with van der Waals surface area (Å²) in [6, 6.07) is 18.0. The maximum Gasteiger partial charge on any atom is 0.270 e. The van der Waals surface area contributed by atoms with E-state index in [9.17, 15) is 4.79 Å². The maximum absolute atomic E-state index is 13.0. The standard InChI is InChI=1S/C24H26N2O3/c1-2-29-20-9-7-19(8-10-20)24(12-15-28-16-13-24)17-26-23(27)22-21-6-4-3-5-18(21)11-14-25-22/h3-11,14H,2,12-13,15-17H2,1H3,(H,26,27). The number of carbonyl (C=O) groups excluding carboxylic acids is 1. The predicted octanol–water partition coefficient (Wildman–Crippen LogP) is 4.11. The van der Waals surface area contributed by atoms with E-state index >= 15 is 0 Å².